The van der Waals surface area contributed by atoms with Gasteiger partial charge in [-0.2, -0.15) is 0 Å². The van der Waals surface area contributed by atoms with Crippen molar-refractivity contribution in [3.05, 3.63) is 89.5 Å². The molecule has 2 aliphatic heterocycles. The van der Waals surface area contributed by atoms with Crippen LogP contribution in [-0.4, -0.2) is 42.0 Å². The Bertz CT molecular complexity index is 1060. The van der Waals surface area contributed by atoms with Crippen LogP contribution < -0.4 is 4.74 Å². The summed E-state index contributed by atoms with van der Waals surface area (Å²) in [5.41, 5.74) is 3.75. The minimum atomic E-state index is 0.205. The zero-order chi connectivity index (χ0) is 23.9. The van der Waals surface area contributed by atoms with Crippen molar-refractivity contribution in [2.75, 3.05) is 32.0 Å². The normalized spacial score (nSPS) is 19.9. The van der Waals surface area contributed by atoms with Gasteiger partial charge < -0.3 is 14.7 Å². The number of nitrogens with zero attached hydrogens (tertiary/aromatic N) is 1. The highest BCUT2D eigenvalue weighted by atomic mass is 32.2. The van der Waals surface area contributed by atoms with Crippen molar-refractivity contribution >= 4 is 11.8 Å². The molecule has 2 aliphatic rings. The Morgan fingerprint density at radius 3 is 2.40 bits per heavy atom. The van der Waals surface area contributed by atoms with Crippen molar-refractivity contribution in [1.29, 1.82) is 0 Å². The zero-order valence-electron chi connectivity index (χ0n) is 20.6. The minimum absolute atomic E-state index is 0.205. The molecule has 0 aromatic heterocycles. The van der Waals surface area contributed by atoms with Gasteiger partial charge >= 0.3 is 0 Å². The summed E-state index contributed by atoms with van der Waals surface area (Å²) < 4.78 is 6.10. The summed E-state index contributed by atoms with van der Waals surface area (Å²) in [6, 6.07) is 25.4. The highest BCUT2D eigenvalue weighted by Gasteiger charge is 2.33. The lowest BCUT2D eigenvalue weighted by atomic mass is 9.76. The summed E-state index contributed by atoms with van der Waals surface area (Å²) in [7, 11) is 0. The molecular formula is C31H37NO2S. The first-order valence-electron chi connectivity index (χ1n) is 13.2. The number of hydrogen-bond donors (Lipinski definition) is 1. The second kappa shape index (κ2) is 12.0. The smallest absolute Gasteiger partial charge is 0.126 e. The Morgan fingerprint density at radius 1 is 0.829 bits per heavy atom. The summed E-state index contributed by atoms with van der Waals surface area (Å²) in [5.74, 6) is 2.69. The van der Waals surface area contributed by atoms with Crippen molar-refractivity contribution in [3.8, 4) is 11.5 Å². The molecule has 3 aromatic rings. The first-order chi connectivity index (χ1) is 17.3. The summed E-state index contributed by atoms with van der Waals surface area (Å²) >= 11 is 1.98. The maximum Gasteiger partial charge on any atom is 0.126 e. The SMILES string of the molecule is Oc1ccc2c(c1)OC[C@@H](c1ccccc1)[C@H]2c1ccc(SCCCCCCN2CCCC2)cc1. The van der Waals surface area contributed by atoms with Crippen LogP contribution in [0.3, 0.4) is 0 Å². The first-order valence-corrected chi connectivity index (χ1v) is 14.2. The van der Waals surface area contributed by atoms with Gasteiger partial charge in [-0.25, -0.2) is 0 Å². The van der Waals surface area contributed by atoms with E-state index in [4.69, 9.17) is 4.74 Å². The largest absolute Gasteiger partial charge is 0.508 e. The monoisotopic (exact) mass is 487 g/mol. The quantitative estimate of drug-likeness (QED) is 0.238. The van der Waals surface area contributed by atoms with Crippen molar-refractivity contribution < 1.29 is 9.84 Å². The lowest BCUT2D eigenvalue weighted by Gasteiger charge is -2.34. The van der Waals surface area contributed by atoms with Crippen LogP contribution in [0, 0.1) is 0 Å². The van der Waals surface area contributed by atoms with Gasteiger partial charge in [0, 0.05) is 28.4 Å². The number of fused-ring (bicyclic) bond motifs is 1. The molecule has 2 atom stereocenters. The fourth-order valence-electron chi connectivity index (χ4n) is 5.56. The molecule has 0 unspecified atom stereocenters. The van der Waals surface area contributed by atoms with E-state index in [0.717, 1.165) is 11.3 Å². The van der Waals surface area contributed by atoms with Gasteiger partial charge in [-0.3, -0.25) is 0 Å². The van der Waals surface area contributed by atoms with E-state index < -0.39 is 0 Å². The number of unbranched alkanes of at least 4 members (excludes halogenated alkanes) is 3. The number of benzene rings is 3. The van der Waals surface area contributed by atoms with Gasteiger partial charge in [0.05, 0.1) is 6.61 Å². The average Bonchev–Trinajstić information content (AvgIpc) is 3.42. The van der Waals surface area contributed by atoms with E-state index in [1.807, 2.05) is 17.8 Å². The molecule has 1 saturated heterocycles. The van der Waals surface area contributed by atoms with Gasteiger partial charge in [-0.05, 0) is 80.4 Å². The molecule has 0 spiro atoms. The molecule has 0 aliphatic carbocycles. The third-order valence-electron chi connectivity index (χ3n) is 7.46. The molecule has 3 aromatic carbocycles. The Balaban J connectivity index is 1.19. The van der Waals surface area contributed by atoms with E-state index in [1.54, 1.807) is 12.1 Å². The minimum Gasteiger partial charge on any atom is -0.508 e. The Labute approximate surface area is 214 Å². The van der Waals surface area contributed by atoms with E-state index in [9.17, 15) is 5.11 Å². The van der Waals surface area contributed by atoms with Crippen molar-refractivity contribution in [1.82, 2.24) is 4.90 Å². The fourth-order valence-corrected chi connectivity index (χ4v) is 6.47. The third kappa shape index (κ3) is 6.23. The van der Waals surface area contributed by atoms with E-state index >= 15 is 0 Å². The van der Waals surface area contributed by atoms with Crippen LogP contribution in [0.2, 0.25) is 0 Å². The highest BCUT2D eigenvalue weighted by Crippen LogP contribution is 2.47. The van der Waals surface area contributed by atoms with E-state index in [2.05, 4.69) is 59.5 Å². The van der Waals surface area contributed by atoms with Gasteiger partial charge in [0.15, 0.2) is 0 Å². The van der Waals surface area contributed by atoms with Crippen LogP contribution in [-0.2, 0) is 0 Å². The van der Waals surface area contributed by atoms with Crippen LogP contribution in [0.5, 0.6) is 11.5 Å². The molecule has 5 rings (SSSR count). The number of phenols is 1. The molecule has 0 saturated carbocycles. The number of hydrogen-bond acceptors (Lipinski definition) is 4. The Hall–Kier alpha value is -2.43. The van der Waals surface area contributed by atoms with Crippen molar-refractivity contribution in [3.63, 3.8) is 0 Å². The predicted molar refractivity (Wildman–Crippen MR) is 146 cm³/mol. The molecule has 3 nitrogen and oxygen atoms in total. The van der Waals surface area contributed by atoms with Crippen molar-refractivity contribution in [2.24, 2.45) is 0 Å². The average molecular weight is 488 g/mol. The lowest BCUT2D eigenvalue weighted by Crippen LogP contribution is -2.25. The van der Waals surface area contributed by atoms with Crippen LogP contribution >= 0.6 is 11.8 Å². The molecule has 1 N–H and O–H groups in total. The molecule has 0 amide bonds. The fraction of sp³-hybridized carbons (Fsp3) is 0.419. The number of aromatic hydroxyl groups is 1. The maximum atomic E-state index is 9.98. The maximum absolute atomic E-state index is 9.98. The number of rotatable bonds is 10. The molecule has 0 bridgehead atoms. The van der Waals surface area contributed by atoms with Gasteiger partial charge in [0.1, 0.15) is 11.5 Å². The number of likely N-dealkylation sites (tertiary alicyclic amines) is 1. The predicted octanol–water partition coefficient (Wildman–Crippen LogP) is 7.45. The van der Waals surface area contributed by atoms with Crippen LogP contribution in [0.4, 0.5) is 0 Å². The lowest BCUT2D eigenvalue weighted by molar-refractivity contribution is 0.248. The summed E-state index contributed by atoms with van der Waals surface area (Å²) in [6.07, 6.45) is 8.13. The Kier molecular flexibility index (Phi) is 8.33. The second-order valence-corrected chi connectivity index (χ2v) is 11.1. The van der Waals surface area contributed by atoms with E-state index in [-0.39, 0.29) is 17.6 Å². The van der Waals surface area contributed by atoms with Crippen LogP contribution in [0.15, 0.2) is 77.7 Å². The first kappa shape index (κ1) is 24.3. The van der Waals surface area contributed by atoms with Crippen molar-refractivity contribution in [2.45, 2.75) is 55.3 Å². The number of ether oxygens (including phenoxy) is 1. The van der Waals surface area contributed by atoms with Gasteiger partial charge in [-0.1, -0.05) is 61.4 Å². The molecule has 35 heavy (non-hydrogen) atoms. The molecule has 1 fully saturated rings. The highest BCUT2D eigenvalue weighted by molar-refractivity contribution is 7.99. The van der Waals surface area contributed by atoms with Gasteiger partial charge in [0.2, 0.25) is 0 Å². The second-order valence-electron chi connectivity index (χ2n) is 9.91. The molecule has 4 heteroatoms. The molecule has 0 radical (unpaired) electrons. The number of thioether (sulfide) groups is 1. The summed E-state index contributed by atoms with van der Waals surface area (Å²) in [4.78, 5) is 3.97. The molecule has 184 valence electrons. The topological polar surface area (TPSA) is 32.7 Å². The van der Waals surface area contributed by atoms with E-state index in [0.29, 0.717) is 6.61 Å². The van der Waals surface area contributed by atoms with Crippen LogP contribution in [0.1, 0.15) is 67.1 Å². The standard InChI is InChI=1S/C31H37NO2S/c33-26-14-17-28-30(22-26)34-23-29(24-10-4-3-5-11-24)31(28)25-12-15-27(16-13-25)35-21-9-2-1-6-18-32-19-7-8-20-32/h3-5,10-17,22,29,31,33H,1-2,6-9,18-21,23H2/t29-,31-/m0/s1. The molecular weight excluding hydrogens is 450 g/mol. The molecule has 2 heterocycles. The third-order valence-corrected chi connectivity index (χ3v) is 8.55. The van der Waals surface area contributed by atoms with Gasteiger partial charge in [0.25, 0.3) is 0 Å². The summed E-state index contributed by atoms with van der Waals surface area (Å²) in [6.45, 7) is 4.55. The zero-order valence-corrected chi connectivity index (χ0v) is 21.4. The van der Waals surface area contributed by atoms with Gasteiger partial charge in [-0.15, -0.1) is 11.8 Å². The summed E-state index contributed by atoms with van der Waals surface area (Å²) in [5, 5.41) is 9.98. The van der Waals surface area contributed by atoms with Crippen LogP contribution in [0.25, 0.3) is 0 Å². The van der Waals surface area contributed by atoms with E-state index in [1.165, 1.54) is 79.9 Å². The Morgan fingerprint density at radius 2 is 1.60 bits per heavy atom. The number of phenolic OH excluding ortho intramolecular Hbond substituents is 1.